The van der Waals surface area contributed by atoms with E-state index < -0.39 is 0 Å². The average Bonchev–Trinajstić information content (AvgIpc) is 2.53. The minimum Gasteiger partial charge on any atom is -0.326 e. The number of hydrazine groups is 1. The lowest BCUT2D eigenvalue weighted by Crippen LogP contribution is -2.27. The van der Waals surface area contributed by atoms with E-state index in [0.29, 0.717) is 11.7 Å². The number of hydrogen-bond acceptors (Lipinski definition) is 5. The van der Waals surface area contributed by atoms with Crippen LogP contribution in [0.25, 0.3) is 0 Å². The number of nitrogens with zero attached hydrogens (tertiary/aromatic N) is 3. The quantitative estimate of drug-likeness (QED) is 0.669. The number of benzene rings is 1. The first-order valence-corrected chi connectivity index (χ1v) is 7.39. The summed E-state index contributed by atoms with van der Waals surface area (Å²) in [5.41, 5.74) is 6.39. The molecule has 0 aliphatic carbocycles. The fourth-order valence-corrected chi connectivity index (χ4v) is 3.00. The van der Waals surface area contributed by atoms with Gasteiger partial charge in [-0.2, -0.15) is 0 Å². The average molecular weight is 283 g/mol. The van der Waals surface area contributed by atoms with Gasteiger partial charge < -0.3 is 10.3 Å². The van der Waals surface area contributed by atoms with Crippen molar-refractivity contribution in [2.45, 2.75) is 32.6 Å². The Morgan fingerprint density at radius 3 is 2.81 bits per heavy atom. The zero-order valence-electron chi connectivity index (χ0n) is 12.5. The smallest absolute Gasteiger partial charge is 0.148 e. The second-order valence-electron chi connectivity index (χ2n) is 5.64. The molecule has 3 rings (SSSR count). The summed E-state index contributed by atoms with van der Waals surface area (Å²) in [7, 11) is 0. The molecule has 1 aromatic carbocycles. The minimum atomic E-state index is 0.293. The number of anilines is 3. The number of hydrogen-bond donors (Lipinski definition) is 2. The molecule has 0 radical (unpaired) electrons. The van der Waals surface area contributed by atoms with Gasteiger partial charge in [0.05, 0.1) is 0 Å². The van der Waals surface area contributed by atoms with Crippen molar-refractivity contribution in [2.24, 2.45) is 5.84 Å². The fourth-order valence-electron chi connectivity index (χ4n) is 3.00. The predicted octanol–water partition coefficient (Wildman–Crippen LogP) is 2.97. The summed E-state index contributed by atoms with van der Waals surface area (Å²) in [5, 5.41) is 0. The Morgan fingerprint density at radius 1 is 1.24 bits per heavy atom. The molecule has 0 fully saturated rings. The van der Waals surface area contributed by atoms with Crippen LogP contribution in [0.3, 0.4) is 0 Å². The lowest BCUT2D eigenvalue weighted by atomic mass is 9.99. The third kappa shape index (κ3) is 2.45. The van der Waals surface area contributed by atoms with Gasteiger partial charge in [0.15, 0.2) is 0 Å². The maximum Gasteiger partial charge on any atom is 0.148 e. The molecule has 3 N–H and O–H groups in total. The Balaban J connectivity index is 2.14. The second kappa shape index (κ2) is 5.69. The van der Waals surface area contributed by atoms with Crippen molar-refractivity contribution >= 4 is 17.3 Å². The summed E-state index contributed by atoms with van der Waals surface area (Å²) in [6.45, 7) is 5.25. The number of para-hydroxylation sites is 1. The number of nitrogens with two attached hydrogens (primary N) is 1. The van der Waals surface area contributed by atoms with Crippen molar-refractivity contribution in [3.05, 3.63) is 41.7 Å². The molecule has 110 valence electrons. The van der Waals surface area contributed by atoms with Gasteiger partial charge in [0.1, 0.15) is 18.0 Å². The van der Waals surface area contributed by atoms with Crippen LogP contribution in [0.1, 0.15) is 37.3 Å². The molecule has 0 saturated heterocycles. The van der Waals surface area contributed by atoms with Crippen LogP contribution in [-0.2, 0) is 6.42 Å². The highest BCUT2D eigenvalue weighted by atomic mass is 15.3. The summed E-state index contributed by atoms with van der Waals surface area (Å²) >= 11 is 0. The van der Waals surface area contributed by atoms with Crippen molar-refractivity contribution in [3.63, 3.8) is 0 Å². The molecule has 0 unspecified atom stereocenters. The van der Waals surface area contributed by atoms with Crippen LogP contribution in [0.5, 0.6) is 0 Å². The molecule has 2 heterocycles. The minimum absolute atomic E-state index is 0.293. The largest absolute Gasteiger partial charge is 0.326 e. The fraction of sp³-hybridized carbons (Fsp3) is 0.375. The van der Waals surface area contributed by atoms with E-state index in [2.05, 4.69) is 58.4 Å². The monoisotopic (exact) mass is 283 g/mol. The highest BCUT2D eigenvalue weighted by Gasteiger charge is 2.24. The van der Waals surface area contributed by atoms with Gasteiger partial charge in [0.2, 0.25) is 0 Å². The standard InChI is InChI=1S/C16H21N5/c1-11(2)14-15(20-17)18-10-19-16(14)21-9-5-7-12-6-3-4-8-13(12)21/h3-4,6,8,10-11H,5,7,9,17H2,1-2H3,(H,18,19,20). The van der Waals surface area contributed by atoms with Crippen LogP contribution < -0.4 is 16.2 Å². The highest BCUT2D eigenvalue weighted by Crippen LogP contribution is 2.38. The summed E-state index contributed by atoms with van der Waals surface area (Å²) in [4.78, 5) is 11.1. The molecule has 2 aromatic rings. The topological polar surface area (TPSA) is 67.1 Å². The number of nitrogen functional groups attached to an aromatic ring is 1. The SMILES string of the molecule is CC(C)c1c(NN)ncnc1N1CCCc2ccccc21. The van der Waals surface area contributed by atoms with Crippen molar-refractivity contribution in [2.75, 3.05) is 16.9 Å². The summed E-state index contributed by atoms with van der Waals surface area (Å²) in [5.74, 6) is 7.58. The van der Waals surface area contributed by atoms with E-state index in [1.807, 2.05) is 0 Å². The number of aromatic nitrogens is 2. The lowest BCUT2D eigenvalue weighted by molar-refractivity contribution is 0.744. The first-order chi connectivity index (χ1) is 10.2. The van der Waals surface area contributed by atoms with Gasteiger partial charge in [-0.3, -0.25) is 0 Å². The molecule has 1 aliphatic heterocycles. The van der Waals surface area contributed by atoms with Gasteiger partial charge in [-0.1, -0.05) is 32.0 Å². The number of fused-ring (bicyclic) bond motifs is 1. The van der Waals surface area contributed by atoms with Crippen LogP contribution >= 0.6 is 0 Å². The number of aryl methyl sites for hydroxylation is 1. The number of nitrogens with one attached hydrogen (secondary N) is 1. The molecule has 21 heavy (non-hydrogen) atoms. The Hall–Kier alpha value is -2.14. The van der Waals surface area contributed by atoms with Crippen LogP contribution in [-0.4, -0.2) is 16.5 Å². The van der Waals surface area contributed by atoms with Crippen molar-refractivity contribution in [1.29, 1.82) is 0 Å². The molecule has 0 amide bonds. The van der Waals surface area contributed by atoms with E-state index in [4.69, 9.17) is 5.84 Å². The van der Waals surface area contributed by atoms with Crippen LogP contribution in [0, 0.1) is 0 Å². The maximum atomic E-state index is 5.62. The molecule has 5 heteroatoms. The van der Waals surface area contributed by atoms with E-state index in [9.17, 15) is 0 Å². The van der Waals surface area contributed by atoms with Crippen LogP contribution in [0.4, 0.5) is 17.3 Å². The summed E-state index contributed by atoms with van der Waals surface area (Å²) < 4.78 is 0. The molecule has 0 bridgehead atoms. The van der Waals surface area contributed by atoms with Gasteiger partial charge in [-0.25, -0.2) is 15.8 Å². The molecule has 1 aliphatic rings. The maximum absolute atomic E-state index is 5.62. The van der Waals surface area contributed by atoms with Gasteiger partial charge in [0.25, 0.3) is 0 Å². The first-order valence-electron chi connectivity index (χ1n) is 7.39. The van der Waals surface area contributed by atoms with Crippen molar-refractivity contribution in [1.82, 2.24) is 9.97 Å². The number of rotatable bonds is 3. The van der Waals surface area contributed by atoms with Crippen LogP contribution in [0.15, 0.2) is 30.6 Å². The molecular formula is C16H21N5. The van der Waals surface area contributed by atoms with Crippen LogP contribution in [0.2, 0.25) is 0 Å². The summed E-state index contributed by atoms with van der Waals surface area (Å²) in [6.07, 6.45) is 3.83. The van der Waals surface area contributed by atoms with E-state index in [1.165, 1.54) is 11.3 Å². The zero-order valence-corrected chi connectivity index (χ0v) is 12.5. The van der Waals surface area contributed by atoms with Gasteiger partial charge in [-0.05, 0) is 30.4 Å². The Morgan fingerprint density at radius 2 is 2.05 bits per heavy atom. The van der Waals surface area contributed by atoms with Gasteiger partial charge >= 0.3 is 0 Å². The van der Waals surface area contributed by atoms with Gasteiger partial charge in [-0.15, -0.1) is 0 Å². The van der Waals surface area contributed by atoms with Crippen molar-refractivity contribution < 1.29 is 0 Å². The predicted molar refractivity (Wildman–Crippen MR) is 85.7 cm³/mol. The first kappa shape index (κ1) is 13.8. The molecule has 0 spiro atoms. The molecule has 0 saturated carbocycles. The Labute approximate surface area is 125 Å². The lowest BCUT2D eigenvalue weighted by Gasteiger charge is -2.32. The molecule has 0 atom stereocenters. The highest BCUT2D eigenvalue weighted by molar-refractivity contribution is 5.71. The molecular weight excluding hydrogens is 262 g/mol. The Bertz CT molecular complexity index is 638. The second-order valence-corrected chi connectivity index (χ2v) is 5.64. The van der Waals surface area contributed by atoms with E-state index >= 15 is 0 Å². The summed E-state index contributed by atoms with van der Waals surface area (Å²) in [6, 6.07) is 8.53. The van der Waals surface area contributed by atoms with Crippen molar-refractivity contribution in [3.8, 4) is 0 Å². The van der Waals surface area contributed by atoms with E-state index in [-0.39, 0.29) is 0 Å². The Kier molecular flexibility index (Phi) is 3.75. The third-order valence-electron chi connectivity index (χ3n) is 3.94. The van der Waals surface area contributed by atoms with Gasteiger partial charge in [0, 0.05) is 17.8 Å². The third-order valence-corrected chi connectivity index (χ3v) is 3.94. The normalized spacial score (nSPS) is 14.2. The zero-order chi connectivity index (χ0) is 14.8. The molecule has 5 nitrogen and oxygen atoms in total. The molecule has 1 aromatic heterocycles. The van der Waals surface area contributed by atoms with E-state index in [1.54, 1.807) is 6.33 Å². The van der Waals surface area contributed by atoms with E-state index in [0.717, 1.165) is 30.8 Å².